The molecule has 0 saturated carbocycles. The number of esters is 1. The molecule has 1 aliphatic rings. The number of imide groups is 1. The van der Waals surface area contributed by atoms with Gasteiger partial charge in [0.2, 0.25) is 0 Å². The van der Waals surface area contributed by atoms with E-state index in [1.165, 1.54) is 12.2 Å². The lowest BCUT2D eigenvalue weighted by Crippen LogP contribution is -2.51. The molecule has 86 valence electrons. The molecule has 0 atom stereocenters. The average molecular weight is 223 g/mol. The Morgan fingerprint density at radius 3 is 2.38 bits per heavy atom. The first-order chi connectivity index (χ1) is 7.38. The first kappa shape index (κ1) is 12.2. The van der Waals surface area contributed by atoms with E-state index in [9.17, 15) is 14.4 Å². The van der Waals surface area contributed by atoms with Crippen LogP contribution in [0.3, 0.4) is 0 Å². The van der Waals surface area contributed by atoms with Gasteiger partial charge >= 0.3 is 5.97 Å². The van der Waals surface area contributed by atoms with Crippen molar-refractivity contribution in [3.05, 3.63) is 24.8 Å². The van der Waals surface area contributed by atoms with Crippen molar-refractivity contribution in [3.63, 3.8) is 0 Å². The molecule has 0 aromatic rings. The maximum atomic E-state index is 11.4. The SMILES string of the molecule is C=CC(=O)OCC(C)(C)N1C(=O)C=CC1=O. The smallest absolute Gasteiger partial charge is 0.330 e. The van der Waals surface area contributed by atoms with Crippen molar-refractivity contribution < 1.29 is 19.1 Å². The number of ether oxygens (including phenoxy) is 1. The largest absolute Gasteiger partial charge is 0.460 e. The van der Waals surface area contributed by atoms with Crippen LogP contribution in [0.2, 0.25) is 0 Å². The third-order valence-corrected chi connectivity index (χ3v) is 2.15. The van der Waals surface area contributed by atoms with Gasteiger partial charge in [0.1, 0.15) is 6.61 Å². The van der Waals surface area contributed by atoms with Gasteiger partial charge in [-0.05, 0) is 13.8 Å². The molecule has 0 radical (unpaired) electrons. The topological polar surface area (TPSA) is 63.7 Å². The molecule has 0 aliphatic carbocycles. The Bertz CT molecular complexity index is 363. The highest BCUT2D eigenvalue weighted by atomic mass is 16.5. The summed E-state index contributed by atoms with van der Waals surface area (Å²) in [7, 11) is 0. The van der Waals surface area contributed by atoms with Gasteiger partial charge in [0, 0.05) is 18.2 Å². The van der Waals surface area contributed by atoms with Crippen molar-refractivity contribution >= 4 is 17.8 Å². The van der Waals surface area contributed by atoms with Gasteiger partial charge in [-0.1, -0.05) is 6.58 Å². The molecule has 1 heterocycles. The zero-order chi connectivity index (χ0) is 12.3. The Balaban J connectivity index is 2.70. The van der Waals surface area contributed by atoms with Crippen molar-refractivity contribution in [2.24, 2.45) is 0 Å². The van der Waals surface area contributed by atoms with E-state index in [4.69, 9.17) is 4.74 Å². The van der Waals surface area contributed by atoms with Gasteiger partial charge in [-0.3, -0.25) is 14.5 Å². The predicted octanol–water partition coefficient (Wildman–Crippen LogP) is 0.419. The van der Waals surface area contributed by atoms with Crippen LogP contribution < -0.4 is 0 Å². The van der Waals surface area contributed by atoms with Gasteiger partial charge in [0.05, 0.1) is 5.54 Å². The highest BCUT2D eigenvalue weighted by Crippen LogP contribution is 2.19. The van der Waals surface area contributed by atoms with Crippen molar-refractivity contribution in [2.75, 3.05) is 6.61 Å². The fourth-order valence-electron chi connectivity index (χ4n) is 1.37. The Kier molecular flexibility index (Phi) is 3.27. The van der Waals surface area contributed by atoms with Crippen molar-refractivity contribution in [1.82, 2.24) is 4.90 Å². The lowest BCUT2D eigenvalue weighted by atomic mass is 10.0. The summed E-state index contributed by atoms with van der Waals surface area (Å²) in [5.74, 6) is -1.38. The molecule has 0 bridgehead atoms. The molecule has 2 amide bonds. The van der Waals surface area contributed by atoms with Crippen LogP contribution in [0.15, 0.2) is 24.8 Å². The van der Waals surface area contributed by atoms with Crippen LogP contribution in [-0.2, 0) is 19.1 Å². The maximum Gasteiger partial charge on any atom is 0.330 e. The van der Waals surface area contributed by atoms with Gasteiger partial charge in [0.15, 0.2) is 0 Å². The van der Waals surface area contributed by atoms with E-state index in [1.807, 2.05) is 0 Å². The second-order valence-corrected chi connectivity index (χ2v) is 3.97. The Hall–Kier alpha value is -1.91. The van der Waals surface area contributed by atoms with Crippen molar-refractivity contribution in [1.29, 1.82) is 0 Å². The number of rotatable bonds is 4. The van der Waals surface area contributed by atoms with E-state index < -0.39 is 23.3 Å². The Morgan fingerprint density at radius 1 is 1.44 bits per heavy atom. The highest BCUT2D eigenvalue weighted by molar-refractivity contribution is 6.13. The number of nitrogens with zero attached hydrogens (tertiary/aromatic N) is 1. The molecule has 0 unspecified atom stereocenters. The summed E-state index contributed by atoms with van der Waals surface area (Å²) in [5.41, 5.74) is -0.865. The number of hydrogen-bond donors (Lipinski definition) is 0. The monoisotopic (exact) mass is 223 g/mol. The van der Waals surface area contributed by atoms with Crippen LogP contribution in [0.25, 0.3) is 0 Å². The minimum atomic E-state index is -0.865. The molecule has 5 nitrogen and oxygen atoms in total. The minimum Gasteiger partial charge on any atom is -0.460 e. The Morgan fingerprint density at radius 2 is 1.94 bits per heavy atom. The van der Waals surface area contributed by atoms with Crippen LogP contribution >= 0.6 is 0 Å². The minimum absolute atomic E-state index is 0.0585. The lowest BCUT2D eigenvalue weighted by molar-refractivity contribution is -0.151. The average Bonchev–Trinajstić information content (AvgIpc) is 2.55. The molecular weight excluding hydrogens is 210 g/mol. The Labute approximate surface area is 93.4 Å². The van der Waals surface area contributed by atoms with Crippen LogP contribution in [0, 0.1) is 0 Å². The molecule has 0 fully saturated rings. The summed E-state index contributed by atoms with van der Waals surface area (Å²) < 4.78 is 4.83. The zero-order valence-electron chi connectivity index (χ0n) is 9.23. The summed E-state index contributed by atoms with van der Waals surface area (Å²) in [6.45, 7) is 6.49. The number of carbonyl (C=O) groups is 3. The molecule has 16 heavy (non-hydrogen) atoms. The first-order valence-electron chi connectivity index (χ1n) is 4.74. The zero-order valence-corrected chi connectivity index (χ0v) is 9.23. The molecule has 0 spiro atoms. The maximum absolute atomic E-state index is 11.4. The van der Waals surface area contributed by atoms with Gasteiger partial charge in [0.25, 0.3) is 11.8 Å². The fraction of sp³-hybridized carbons (Fsp3) is 0.364. The quantitative estimate of drug-likeness (QED) is 0.393. The predicted molar refractivity (Wildman–Crippen MR) is 56.2 cm³/mol. The molecule has 0 aromatic carbocycles. The molecule has 0 saturated heterocycles. The molecule has 0 aromatic heterocycles. The fourth-order valence-corrected chi connectivity index (χ4v) is 1.37. The number of amides is 2. The van der Waals surface area contributed by atoms with E-state index in [-0.39, 0.29) is 6.61 Å². The molecule has 0 N–H and O–H groups in total. The number of hydrogen-bond acceptors (Lipinski definition) is 4. The van der Waals surface area contributed by atoms with Gasteiger partial charge < -0.3 is 4.74 Å². The molecule has 1 aliphatic heterocycles. The van der Waals surface area contributed by atoms with Gasteiger partial charge in [-0.2, -0.15) is 0 Å². The van der Waals surface area contributed by atoms with Gasteiger partial charge in [-0.25, -0.2) is 4.79 Å². The molecule has 1 rings (SSSR count). The van der Waals surface area contributed by atoms with E-state index in [0.29, 0.717) is 0 Å². The number of carbonyl (C=O) groups excluding carboxylic acids is 3. The summed E-state index contributed by atoms with van der Waals surface area (Å²) in [5, 5.41) is 0. The van der Waals surface area contributed by atoms with E-state index in [1.54, 1.807) is 13.8 Å². The van der Waals surface area contributed by atoms with Crippen molar-refractivity contribution in [2.45, 2.75) is 19.4 Å². The summed E-state index contributed by atoms with van der Waals surface area (Å²) in [6.07, 6.45) is 3.42. The normalized spacial score (nSPS) is 15.5. The second-order valence-electron chi connectivity index (χ2n) is 3.97. The van der Waals surface area contributed by atoms with Crippen LogP contribution in [0.4, 0.5) is 0 Å². The summed E-state index contributed by atoms with van der Waals surface area (Å²) in [4.78, 5) is 34.8. The lowest BCUT2D eigenvalue weighted by Gasteiger charge is -2.32. The summed E-state index contributed by atoms with van der Waals surface area (Å²) in [6, 6.07) is 0. The van der Waals surface area contributed by atoms with Crippen LogP contribution in [0.5, 0.6) is 0 Å². The van der Waals surface area contributed by atoms with Crippen LogP contribution in [-0.4, -0.2) is 34.8 Å². The van der Waals surface area contributed by atoms with E-state index >= 15 is 0 Å². The first-order valence-corrected chi connectivity index (χ1v) is 4.74. The summed E-state index contributed by atoms with van der Waals surface area (Å²) >= 11 is 0. The van der Waals surface area contributed by atoms with Crippen molar-refractivity contribution in [3.8, 4) is 0 Å². The standard InChI is InChI=1S/C11H13NO4/c1-4-10(15)16-7-11(2,3)12-8(13)5-6-9(12)14/h4-6H,1,7H2,2-3H3. The molecule has 5 heteroatoms. The van der Waals surface area contributed by atoms with E-state index in [0.717, 1.165) is 11.0 Å². The highest BCUT2D eigenvalue weighted by Gasteiger charge is 2.38. The van der Waals surface area contributed by atoms with E-state index in [2.05, 4.69) is 6.58 Å². The third kappa shape index (κ3) is 2.36. The van der Waals surface area contributed by atoms with Crippen LogP contribution in [0.1, 0.15) is 13.8 Å². The second kappa shape index (κ2) is 4.30. The third-order valence-electron chi connectivity index (χ3n) is 2.15. The van der Waals surface area contributed by atoms with Gasteiger partial charge in [-0.15, -0.1) is 0 Å². The molecular formula is C11H13NO4.